The molecule has 0 aliphatic rings. The molecule has 0 saturated heterocycles. The van der Waals surface area contributed by atoms with E-state index < -0.39 is 0 Å². The molecule has 1 N–H and O–H groups in total. The number of hydrogen-bond acceptors (Lipinski definition) is 2. The lowest BCUT2D eigenvalue weighted by molar-refractivity contribution is 1.36. The van der Waals surface area contributed by atoms with E-state index in [1.54, 1.807) is 0 Å². The maximum atomic E-state index is 4.46. The molecule has 0 amide bonds. The summed E-state index contributed by atoms with van der Waals surface area (Å²) in [6, 6.07) is 16.7. The van der Waals surface area contributed by atoms with Crippen molar-refractivity contribution in [2.24, 2.45) is 0 Å². The molecule has 2 nitrogen and oxygen atoms in total. The number of aryl methyl sites for hydroxylation is 2. The van der Waals surface area contributed by atoms with Gasteiger partial charge in [-0.2, -0.15) is 0 Å². The Morgan fingerprint density at radius 3 is 2.63 bits per heavy atom. The molecular weight excluding hydrogens is 232 g/mol. The SMILES string of the molecule is Cc1cccc(Nc2ccnc3c(C)cccc23)c1. The minimum absolute atomic E-state index is 1.06. The van der Waals surface area contributed by atoms with Crippen LogP contribution in [0.15, 0.2) is 54.7 Å². The van der Waals surface area contributed by atoms with Crippen LogP contribution in [0.4, 0.5) is 11.4 Å². The van der Waals surface area contributed by atoms with Gasteiger partial charge in [-0.15, -0.1) is 0 Å². The van der Waals surface area contributed by atoms with E-state index >= 15 is 0 Å². The number of para-hydroxylation sites is 1. The van der Waals surface area contributed by atoms with E-state index in [1.165, 1.54) is 11.1 Å². The Bertz CT molecular complexity index is 732. The molecule has 3 aromatic rings. The number of anilines is 2. The molecule has 0 fully saturated rings. The zero-order chi connectivity index (χ0) is 13.2. The zero-order valence-corrected chi connectivity index (χ0v) is 11.1. The van der Waals surface area contributed by atoms with Crippen molar-refractivity contribution in [1.29, 1.82) is 0 Å². The van der Waals surface area contributed by atoms with Crippen LogP contribution in [0.2, 0.25) is 0 Å². The maximum absolute atomic E-state index is 4.46. The van der Waals surface area contributed by atoms with Crippen LogP contribution < -0.4 is 5.32 Å². The molecule has 0 unspecified atom stereocenters. The van der Waals surface area contributed by atoms with Gasteiger partial charge >= 0.3 is 0 Å². The monoisotopic (exact) mass is 248 g/mol. The van der Waals surface area contributed by atoms with Gasteiger partial charge < -0.3 is 5.32 Å². The second-order valence-corrected chi connectivity index (χ2v) is 4.82. The molecule has 0 radical (unpaired) electrons. The van der Waals surface area contributed by atoms with Crippen molar-refractivity contribution in [1.82, 2.24) is 4.98 Å². The number of aromatic nitrogens is 1. The molecule has 1 aromatic heterocycles. The van der Waals surface area contributed by atoms with E-state index in [0.717, 1.165) is 22.3 Å². The standard InChI is InChI=1S/C17H16N2/c1-12-5-3-7-14(11-12)19-16-9-10-18-17-13(2)6-4-8-15(16)17/h3-11H,1-2H3,(H,18,19). The molecule has 1 heterocycles. The Morgan fingerprint density at radius 1 is 0.947 bits per heavy atom. The van der Waals surface area contributed by atoms with Crippen molar-refractivity contribution in [2.45, 2.75) is 13.8 Å². The molecule has 3 rings (SSSR count). The van der Waals surface area contributed by atoms with Gasteiger partial charge in [0.25, 0.3) is 0 Å². The second kappa shape index (κ2) is 4.73. The minimum Gasteiger partial charge on any atom is -0.355 e. The summed E-state index contributed by atoms with van der Waals surface area (Å²) < 4.78 is 0. The van der Waals surface area contributed by atoms with E-state index in [9.17, 15) is 0 Å². The quantitative estimate of drug-likeness (QED) is 0.717. The van der Waals surface area contributed by atoms with Crippen molar-refractivity contribution >= 4 is 22.3 Å². The predicted octanol–water partition coefficient (Wildman–Crippen LogP) is 4.60. The first-order valence-electron chi connectivity index (χ1n) is 6.42. The van der Waals surface area contributed by atoms with Gasteiger partial charge in [-0.05, 0) is 43.2 Å². The van der Waals surface area contributed by atoms with Crippen LogP contribution in [0, 0.1) is 13.8 Å². The van der Waals surface area contributed by atoms with Gasteiger partial charge in [-0.3, -0.25) is 4.98 Å². The highest BCUT2D eigenvalue weighted by atomic mass is 14.9. The van der Waals surface area contributed by atoms with Gasteiger partial charge in [0, 0.05) is 23.0 Å². The number of fused-ring (bicyclic) bond motifs is 1. The smallest absolute Gasteiger partial charge is 0.0751 e. The van der Waals surface area contributed by atoms with E-state index in [1.807, 2.05) is 12.3 Å². The lowest BCUT2D eigenvalue weighted by Gasteiger charge is -2.11. The van der Waals surface area contributed by atoms with Gasteiger partial charge in [0.1, 0.15) is 0 Å². The Labute approximate surface area is 113 Å². The Balaban J connectivity index is 2.08. The van der Waals surface area contributed by atoms with E-state index in [-0.39, 0.29) is 0 Å². The summed E-state index contributed by atoms with van der Waals surface area (Å²) in [4.78, 5) is 4.46. The van der Waals surface area contributed by atoms with Crippen LogP contribution in [0.1, 0.15) is 11.1 Å². The number of benzene rings is 2. The third kappa shape index (κ3) is 2.29. The zero-order valence-electron chi connectivity index (χ0n) is 11.1. The molecule has 0 saturated carbocycles. The van der Waals surface area contributed by atoms with Crippen LogP contribution in [0.25, 0.3) is 10.9 Å². The fourth-order valence-electron chi connectivity index (χ4n) is 2.31. The molecule has 0 bridgehead atoms. The first-order chi connectivity index (χ1) is 9.24. The molecule has 0 spiro atoms. The number of nitrogens with one attached hydrogen (secondary N) is 1. The molecule has 0 aliphatic carbocycles. The summed E-state index contributed by atoms with van der Waals surface area (Å²) in [7, 11) is 0. The van der Waals surface area contributed by atoms with E-state index in [0.29, 0.717) is 0 Å². The molecule has 2 aromatic carbocycles. The Hall–Kier alpha value is -2.35. The first kappa shape index (κ1) is 11.7. The minimum atomic E-state index is 1.06. The average Bonchev–Trinajstić information content (AvgIpc) is 2.40. The number of pyridine rings is 1. The summed E-state index contributed by atoms with van der Waals surface area (Å²) >= 11 is 0. The number of rotatable bonds is 2. The van der Waals surface area contributed by atoms with Gasteiger partial charge in [0.2, 0.25) is 0 Å². The van der Waals surface area contributed by atoms with E-state index in [4.69, 9.17) is 0 Å². The fourth-order valence-corrected chi connectivity index (χ4v) is 2.31. The average molecular weight is 248 g/mol. The second-order valence-electron chi connectivity index (χ2n) is 4.82. The van der Waals surface area contributed by atoms with Gasteiger partial charge in [0.05, 0.1) is 5.52 Å². The predicted molar refractivity (Wildman–Crippen MR) is 80.9 cm³/mol. The van der Waals surface area contributed by atoms with Crippen LogP contribution in [-0.2, 0) is 0 Å². The first-order valence-corrected chi connectivity index (χ1v) is 6.42. The molecule has 19 heavy (non-hydrogen) atoms. The Kier molecular flexibility index (Phi) is 2.92. The summed E-state index contributed by atoms with van der Waals surface area (Å²) in [5.74, 6) is 0. The summed E-state index contributed by atoms with van der Waals surface area (Å²) in [5.41, 5.74) is 5.71. The van der Waals surface area contributed by atoms with Crippen LogP contribution in [0.5, 0.6) is 0 Å². The van der Waals surface area contributed by atoms with Gasteiger partial charge in [-0.1, -0.05) is 30.3 Å². The molecule has 0 atom stereocenters. The summed E-state index contributed by atoms with van der Waals surface area (Å²) in [5, 5.41) is 4.63. The molecular formula is C17H16N2. The van der Waals surface area contributed by atoms with Crippen molar-refractivity contribution < 1.29 is 0 Å². The highest BCUT2D eigenvalue weighted by Crippen LogP contribution is 2.26. The van der Waals surface area contributed by atoms with Gasteiger partial charge in [-0.25, -0.2) is 0 Å². The fraction of sp³-hybridized carbons (Fsp3) is 0.118. The lowest BCUT2D eigenvalue weighted by Crippen LogP contribution is -1.93. The molecule has 2 heteroatoms. The lowest BCUT2D eigenvalue weighted by atomic mass is 10.1. The third-order valence-electron chi connectivity index (χ3n) is 3.27. The number of nitrogens with zero attached hydrogens (tertiary/aromatic N) is 1. The van der Waals surface area contributed by atoms with Crippen LogP contribution in [0.3, 0.4) is 0 Å². The van der Waals surface area contributed by atoms with Crippen LogP contribution >= 0.6 is 0 Å². The third-order valence-corrected chi connectivity index (χ3v) is 3.27. The largest absolute Gasteiger partial charge is 0.355 e. The van der Waals surface area contributed by atoms with Crippen LogP contribution in [-0.4, -0.2) is 4.98 Å². The van der Waals surface area contributed by atoms with Crippen molar-refractivity contribution in [2.75, 3.05) is 5.32 Å². The van der Waals surface area contributed by atoms with Gasteiger partial charge in [0.15, 0.2) is 0 Å². The van der Waals surface area contributed by atoms with Crippen molar-refractivity contribution in [3.8, 4) is 0 Å². The van der Waals surface area contributed by atoms with Crippen molar-refractivity contribution in [3.63, 3.8) is 0 Å². The van der Waals surface area contributed by atoms with E-state index in [2.05, 4.69) is 66.6 Å². The Morgan fingerprint density at radius 2 is 1.79 bits per heavy atom. The normalized spacial score (nSPS) is 10.6. The maximum Gasteiger partial charge on any atom is 0.0751 e. The summed E-state index contributed by atoms with van der Waals surface area (Å²) in [6.45, 7) is 4.19. The molecule has 94 valence electrons. The number of hydrogen-bond donors (Lipinski definition) is 1. The highest BCUT2D eigenvalue weighted by molar-refractivity contribution is 5.94. The highest BCUT2D eigenvalue weighted by Gasteiger charge is 2.04. The summed E-state index contributed by atoms with van der Waals surface area (Å²) in [6.07, 6.45) is 1.85. The molecule has 0 aliphatic heterocycles. The van der Waals surface area contributed by atoms with Crippen molar-refractivity contribution in [3.05, 3.63) is 65.9 Å². The topological polar surface area (TPSA) is 24.9 Å².